The summed E-state index contributed by atoms with van der Waals surface area (Å²) in [7, 11) is 0. The minimum atomic E-state index is -0.680. The van der Waals surface area contributed by atoms with Crippen LogP contribution < -0.4 is 16.4 Å². The Morgan fingerprint density at radius 2 is 2.00 bits per heavy atom. The van der Waals surface area contributed by atoms with Gasteiger partial charge in [-0.15, -0.1) is 11.3 Å². The van der Waals surface area contributed by atoms with E-state index in [0.29, 0.717) is 33.2 Å². The van der Waals surface area contributed by atoms with Gasteiger partial charge < -0.3 is 11.1 Å². The number of urea groups is 1. The summed E-state index contributed by atoms with van der Waals surface area (Å²) in [5.74, 6) is -0.554. The van der Waals surface area contributed by atoms with Gasteiger partial charge in [0.25, 0.3) is 0 Å². The van der Waals surface area contributed by atoms with Crippen LogP contribution in [0.25, 0.3) is 21.1 Å². The SMILES string of the molecule is Nc1nc(NC(=O)NCC2CCCCC2)sc1-c1nc(-c2ccc(F)cc2F)cs1. The molecule has 0 spiro atoms. The van der Waals surface area contributed by atoms with E-state index in [2.05, 4.69) is 20.6 Å². The highest BCUT2D eigenvalue weighted by Gasteiger charge is 2.18. The molecular formula is C20H21F2N5OS2. The molecule has 4 rings (SSSR count). The molecule has 1 fully saturated rings. The highest BCUT2D eigenvalue weighted by Crippen LogP contribution is 2.38. The molecule has 0 aliphatic heterocycles. The Labute approximate surface area is 180 Å². The van der Waals surface area contributed by atoms with Gasteiger partial charge in [0.15, 0.2) is 5.13 Å². The molecule has 2 amide bonds. The maximum Gasteiger partial charge on any atom is 0.321 e. The Hall–Kier alpha value is -2.59. The number of hydrogen-bond donors (Lipinski definition) is 3. The van der Waals surface area contributed by atoms with Crippen molar-refractivity contribution in [2.24, 2.45) is 5.92 Å². The lowest BCUT2D eigenvalue weighted by Crippen LogP contribution is -2.33. The lowest BCUT2D eigenvalue weighted by molar-refractivity contribution is 0.247. The Balaban J connectivity index is 1.42. The number of thiazole rings is 2. The molecule has 0 radical (unpaired) electrons. The third kappa shape index (κ3) is 4.76. The van der Waals surface area contributed by atoms with Crippen LogP contribution in [-0.2, 0) is 0 Å². The van der Waals surface area contributed by atoms with E-state index in [1.807, 2.05) is 0 Å². The normalized spacial score (nSPS) is 14.6. The van der Waals surface area contributed by atoms with Gasteiger partial charge in [-0.3, -0.25) is 5.32 Å². The Bertz CT molecular complexity index is 1050. The van der Waals surface area contributed by atoms with Crippen molar-refractivity contribution >= 4 is 39.7 Å². The fourth-order valence-electron chi connectivity index (χ4n) is 3.51. The summed E-state index contributed by atoms with van der Waals surface area (Å²) >= 11 is 2.48. The number of nitrogens with one attached hydrogen (secondary N) is 2. The average molecular weight is 450 g/mol. The summed E-state index contributed by atoms with van der Waals surface area (Å²) in [5.41, 5.74) is 6.61. The zero-order valence-electron chi connectivity index (χ0n) is 16.1. The molecule has 2 heterocycles. The highest BCUT2D eigenvalue weighted by atomic mass is 32.1. The summed E-state index contributed by atoms with van der Waals surface area (Å²) in [4.78, 5) is 21.4. The van der Waals surface area contributed by atoms with Crippen LogP contribution in [0.1, 0.15) is 32.1 Å². The van der Waals surface area contributed by atoms with Gasteiger partial charge in [-0.1, -0.05) is 30.6 Å². The number of anilines is 2. The van der Waals surface area contributed by atoms with Crippen molar-refractivity contribution < 1.29 is 13.6 Å². The van der Waals surface area contributed by atoms with Gasteiger partial charge >= 0.3 is 6.03 Å². The number of nitrogens with two attached hydrogens (primary N) is 1. The van der Waals surface area contributed by atoms with Crippen molar-refractivity contribution in [2.45, 2.75) is 32.1 Å². The Morgan fingerprint density at radius 3 is 2.77 bits per heavy atom. The number of aromatic nitrogens is 2. The molecule has 1 saturated carbocycles. The third-order valence-electron chi connectivity index (χ3n) is 5.06. The van der Waals surface area contributed by atoms with Gasteiger partial charge in [-0.25, -0.2) is 23.5 Å². The third-order valence-corrected chi connectivity index (χ3v) is 7.04. The molecule has 0 atom stereocenters. The fourth-order valence-corrected chi connectivity index (χ4v) is 5.31. The molecule has 0 unspecified atom stereocenters. The molecule has 10 heteroatoms. The van der Waals surface area contributed by atoms with Gasteiger partial charge in [0, 0.05) is 23.6 Å². The number of nitrogen functional groups attached to an aromatic ring is 1. The van der Waals surface area contributed by atoms with E-state index >= 15 is 0 Å². The molecule has 0 saturated heterocycles. The zero-order valence-corrected chi connectivity index (χ0v) is 17.7. The van der Waals surface area contributed by atoms with E-state index in [1.54, 1.807) is 5.38 Å². The van der Waals surface area contributed by atoms with Crippen molar-refractivity contribution in [1.29, 1.82) is 0 Å². The van der Waals surface area contributed by atoms with Gasteiger partial charge in [0.2, 0.25) is 0 Å². The number of carbonyl (C=O) groups excluding carboxylic acids is 1. The first-order valence-corrected chi connectivity index (χ1v) is 11.4. The van der Waals surface area contributed by atoms with Crippen LogP contribution in [0.4, 0.5) is 24.5 Å². The van der Waals surface area contributed by atoms with Crippen LogP contribution >= 0.6 is 22.7 Å². The van der Waals surface area contributed by atoms with Gasteiger partial charge in [0.05, 0.1) is 5.69 Å². The molecule has 4 N–H and O–H groups in total. The van der Waals surface area contributed by atoms with Crippen LogP contribution in [0.5, 0.6) is 0 Å². The predicted molar refractivity (Wildman–Crippen MR) is 117 cm³/mol. The van der Waals surface area contributed by atoms with E-state index in [9.17, 15) is 13.6 Å². The first kappa shape index (κ1) is 20.7. The smallest absolute Gasteiger partial charge is 0.321 e. The molecule has 1 aliphatic carbocycles. The highest BCUT2D eigenvalue weighted by molar-refractivity contribution is 7.23. The molecule has 6 nitrogen and oxygen atoms in total. The Kier molecular flexibility index (Phi) is 6.24. The second-order valence-corrected chi connectivity index (χ2v) is 9.09. The van der Waals surface area contributed by atoms with Crippen molar-refractivity contribution in [3.8, 4) is 21.1 Å². The standard InChI is InChI=1S/C20H21F2N5OS2/c21-12-6-7-13(14(22)8-12)15-10-29-18(25-15)16-17(23)26-20(30-16)27-19(28)24-9-11-4-2-1-3-5-11/h6-8,10-11H,1-5,9,23H2,(H2,24,26,27,28). The Morgan fingerprint density at radius 1 is 1.20 bits per heavy atom. The van der Waals surface area contributed by atoms with Crippen LogP contribution in [-0.4, -0.2) is 22.5 Å². The van der Waals surface area contributed by atoms with Crippen LogP contribution in [0.3, 0.4) is 0 Å². The predicted octanol–water partition coefficient (Wildman–Crippen LogP) is 5.50. The fraction of sp³-hybridized carbons (Fsp3) is 0.350. The summed E-state index contributed by atoms with van der Waals surface area (Å²) in [6.07, 6.45) is 6.01. The van der Waals surface area contributed by atoms with Crippen molar-refractivity contribution in [2.75, 3.05) is 17.6 Å². The molecule has 158 valence electrons. The van der Waals surface area contributed by atoms with Crippen LogP contribution in [0.15, 0.2) is 23.6 Å². The number of hydrogen-bond acceptors (Lipinski definition) is 6. The lowest BCUT2D eigenvalue weighted by Gasteiger charge is -2.21. The number of nitrogens with zero attached hydrogens (tertiary/aromatic N) is 2. The molecule has 30 heavy (non-hydrogen) atoms. The van der Waals surface area contributed by atoms with E-state index in [0.717, 1.165) is 18.9 Å². The average Bonchev–Trinajstić information content (AvgIpc) is 3.34. The largest absolute Gasteiger partial charge is 0.382 e. The number of benzene rings is 1. The number of amides is 2. The first-order chi connectivity index (χ1) is 14.5. The molecule has 1 aromatic carbocycles. The second kappa shape index (κ2) is 9.05. The summed E-state index contributed by atoms with van der Waals surface area (Å²) < 4.78 is 27.2. The summed E-state index contributed by atoms with van der Waals surface area (Å²) in [5, 5.41) is 8.21. The minimum absolute atomic E-state index is 0.211. The summed E-state index contributed by atoms with van der Waals surface area (Å²) in [6, 6.07) is 3.05. The minimum Gasteiger partial charge on any atom is -0.382 e. The van der Waals surface area contributed by atoms with Gasteiger partial charge in [-0.05, 0) is 30.9 Å². The topological polar surface area (TPSA) is 92.9 Å². The first-order valence-electron chi connectivity index (χ1n) is 9.72. The maximum atomic E-state index is 14.0. The van der Waals surface area contributed by atoms with Crippen molar-refractivity contribution in [1.82, 2.24) is 15.3 Å². The molecule has 0 bridgehead atoms. The zero-order chi connectivity index (χ0) is 21.1. The van der Waals surface area contributed by atoms with Crippen molar-refractivity contribution in [3.05, 3.63) is 35.2 Å². The molecule has 2 aromatic heterocycles. The van der Waals surface area contributed by atoms with E-state index < -0.39 is 11.6 Å². The number of rotatable bonds is 5. The number of halogens is 2. The van der Waals surface area contributed by atoms with E-state index in [-0.39, 0.29) is 17.4 Å². The molecular weight excluding hydrogens is 428 g/mol. The van der Waals surface area contributed by atoms with E-state index in [4.69, 9.17) is 5.73 Å². The van der Waals surface area contributed by atoms with Crippen molar-refractivity contribution in [3.63, 3.8) is 0 Å². The quantitative estimate of drug-likeness (QED) is 0.480. The van der Waals surface area contributed by atoms with Crippen LogP contribution in [0.2, 0.25) is 0 Å². The molecule has 3 aromatic rings. The second-order valence-electron chi connectivity index (χ2n) is 7.23. The van der Waals surface area contributed by atoms with Crippen LogP contribution in [0, 0.1) is 17.6 Å². The van der Waals surface area contributed by atoms with Gasteiger partial charge in [0.1, 0.15) is 27.3 Å². The monoisotopic (exact) mass is 449 g/mol. The molecule has 1 aliphatic rings. The lowest BCUT2D eigenvalue weighted by atomic mass is 9.89. The van der Waals surface area contributed by atoms with Gasteiger partial charge in [-0.2, -0.15) is 0 Å². The number of carbonyl (C=O) groups is 1. The summed E-state index contributed by atoms with van der Waals surface area (Å²) in [6.45, 7) is 0.651. The van der Waals surface area contributed by atoms with E-state index in [1.165, 1.54) is 54.1 Å². The maximum absolute atomic E-state index is 14.0.